The van der Waals surface area contributed by atoms with Gasteiger partial charge < -0.3 is 24.5 Å². The van der Waals surface area contributed by atoms with Crippen molar-refractivity contribution in [3.63, 3.8) is 0 Å². The van der Waals surface area contributed by atoms with Gasteiger partial charge in [0, 0.05) is 26.5 Å². The predicted octanol–water partition coefficient (Wildman–Crippen LogP) is 0.985. The lowest BCUT2D eigenvalue weighted by Crippen LogP contribution is -2.25. The Labute approximate surface area is 163 Å². The average molecular weight is 415 g/mol. The van der Waals surface area contributed by atoms with Gasteiger partial charge in [-0.05, 0) is 12.1 Å². The van der Waals surface area contributed by atoms with Crippen LogP contribution in [0, 0.1) is 0 Å². The lowest BCUT2D eigenvalue weighted by Gasteiger charge is -2.09. The summed E-state index contributed by atoms with van der Waals surface area (Å²) in [6, 6.07) is 2.63. The van der Waals surface area contributed by atoms with Crippen LogP contribution in [0.4, 0.5) is 11.4 Å². The zero-order valence-corrected chi connectivity index (χ0v) is 15.9. The molecule has 144 valence electrons. The van der Waals surface area contributed by atoms with Crippen LogP contribution in [0.15, 0.2) is 34.1 Å². The molecule has 0 unspecified atom stereocenters. The van der Waals surface area contributed by atoms with Crippen molar-refractivity contribution in [2.75, 3.05) is 23.8 Å². The molecule has 0 spiro atoms. The highest BCUT2D eigenvalue weighted by atomic mass is 35.5. The Morgan fingerprint density at radius 3 is 1.59 bits per heavy atom. The van der Waals surface area contributed by atoms with Crippen LogP contribution in [0.5, 0.6) is 0 Å². The maximum atomic E-state index is 11.8. The molecule has 0 aliphatic rings. The van der Waals surface area contributed by atoms with Crippen molar-refractivity contribution in [2.45, 2.75) is 0 Å². The third-order valence-corrected chi connectivity index (χ3v) is 3.85. The Morgan fingerprint density at radius 1 is 0.889 bits per heavy atom. The summed E-state index contributed by atoms with van der Waals surface area (Å²) in [7, 11) is 2.99. The van der Waals surface area contributed by atoms with E-state index in [1.165, 1.54) is 47.8 Å². The van der Waals surface area contributed by atoms with Crippen LogP contribution in [-0.2, 0) is 28.4 Å². The number of halogens is 2. The number of hydrogen-bond acceptors (Lipinski definition) is 5. The Hall–Kier alpha value is -2.62. The molecule has 11 heteroatoms. The largest absolute Gasteiger partial charge is 0.362 e. The van der Waals surface area contributed by atoms with Crippen molar-refractivity contribution in [1.29, 1.82) is 0 Å². The minimum Gasteiger partial charge on any atom is -0.362 e. The smallest absolute Gasteiger partial charge is 0.269 e. The highest BCUT2D eigenvalue weighted by molar-refractivity contribution is 6.31. The fraction of sp³-hybridized carbons (Fsp3) is 0.250. The minimum absolute atomic E-state index is 0.0356. The molecule has 27 heavy (non-hydrogen) atoms. The molecule has 0 atom stereocenters. The van der Waals surface area contributed by atoms with Gasteiger partial charge in [-0.2, -0.15) is 0 Å². The van der Waals surface area contributed by atoms with E-state index in [0.717, 1.165) is 0 Å². The zero-order valence-electron chi connectivity index (χ0n) is 14.4. The maximum absolute atomic E-state index is 11.8. The first-order valence-corrected chi connectivity index (χ1v) is 8.32. The number of aryl methyl sites for hydroxylation is 2. The van der Waals surface area contributed by atoms with E-state index in [1.54, 1.807) is 0 Å². The molecule has 0 aliphatic carbocycles. The normalized spacial score (nSPS) is 10.5. The van der Waals surface area contributed by atoms with Crippen LogP contribution in [0.1, 0.15) is 0 Å². The van der Waals surface area contributed by atoms with Crippen LogP contribution in [0.25, 0.3) is 0 Å². The summed E-state index contributed by atoms with van der Waals surface area (Å²) in [5, 5.41) is 4.93. The second-order valence-corrected chi connectivity index (χ2v) is 6.39. The minimum atomic E-state index is -0.525. The van der Waals surface area contributed by atoms with Crippen LogP contribution in [0.3, 0.4) is 0 Å². The van der Waals surface area contributed by atoms with Gasteiger partial charge in [0.1, 0.15) is 23.3 Å². The third-order valence-electron chi connectivity index (χ3n) is 3.31. The fourth-order valence-electron chi connectivity index (χ4n) is 2.11. The van der Waals surface area contributed by atoms with E-state index in [4.69, 9.17) is 27.9 Å². The van der Waals surface area contributed by atoms with Gasteiger partial charge in [-0.25, -0.2) is 0 Å². The number of amides is 2. The summed E-state index contributed by atoms with van der Waals surface area (Å²) in [6.07, 6.45) is 2.81. The van der Waals surface area contributed by atoms with E-state index in [-0.39, 0.29) is 34.4 Å². The maximum Gasteiger partial charge on any atom is 0.269 e. The first-order chi connectivity index (χ1) is 12.7. The van der Waals surface area contributed by atoms with Crippen molar-refractivity contribution >= 4 is 46.4 Å². The first-order valence-electron chi connectivity index (χ1n) is 7.57. The van der Waals surface area contributed by atoms with Gasteiger partial charge >= 0.3 is 0 Å². The number of ether oxygens (including phenoxy) is 1. The van der Waals surface area contributed by atoms with Crippen LogP contribution in [0.2, 0.25) is 10.0 Å². The number of hydrogen-bond donors (Lipinski definition) is 2. The molecule has 2 rings (SSSR count). The molecule has 9 nitrogen and oxygen atoms in total. The zero-order chi connectivity index (χ0) is 20.1. The molecule has 0 fully saturated rings. The Morgan fingerprint density at radius 2 is 1.26 bits per heavy atom. The topological polar surface area (TPSA) is 111 Å². The number of nitrogens with one attached hydrogen (secondary N) is 2. The third kappa shape index (κ3) is 5.68. The van der Waals surface area contributed by atoms with Crippen molar-refractivity contribution in [3.8, 4) is 0 Å². The molecule has 2 amide bonds. The number of anilines is 2. The van der Waals surface area contributed by atoms with Gasteiger partial charge in [0.2, 0.25) is 11.8 Å². The molecule has 0 saturated carbocycles. The molecule has 2 N–H and O–H groups in total. The highest BCUT2D eigenvalue weighted by Gasteiger charge is 2.10. The second kappa shape index (κ2) is 8.85. The summed E-state index contributed by atoms with van der Waals surface area (Å²) in [5.41, 5.74) is -0.137. The molecule has 0 radical (unpaired) electrons. The van der Waals surface area contributed by atoms with Crippen LogP contribution >= 0.6 is 23.2 Å². The lowest BCUT2D eigenvalue weighted by molar-refractivity contribution is -0.125. The van der Waals surface area contributed by atoms with Crippen molar-refractivity contribution in [1.82, 2.24) is 9.13 Å². The van der Waals surface area contributed by atoms with Crippen molar-refractivity contribution in [2.24, 2.45) is 14.1 Å². The molecule has 0 aliphatic heterocycles. The summed E-state index contributed by atoms with van der Waals surface area (Å²) < 4.78 is 7.50. The fourth-order valence-corrected chi connectivity index (χ4v) is 2.61. The predicted molar refractivity (Wildman–Crippen MR) is 101 cm³/mol. The molecule has 2 aromatic rings. The van der Waals surface area contributed by atoms with E-state index in [9.17, 15) is 19.2 Å². The highest BCUT2D eigenvalue weighted by Crippen LogP contribution is 2.11. The van der Waals surface area contributed by atoms with Gasteiger partial charge in [0.25, 0.3) is 11.1 Å². The first kappa shape index (κ1) is 20.7. The van der Waals surface area contributed by atoms with E-state index in [0.29, 0.717) is 11.4 Å². The lowest BCUT2D eigenvalue weighted by atomic mass is 10.4. The Bertz CT molecular complexity index is 867. The standard InChI is InChI=1S/C16H16Cl2N4O5/c1-21-5-9(3-11(17)15(21)25)19-13(23)7-27-8-14(24)20-10-4-12(18)16(26)22(2)6-10/h3-6H,7-8H2,1-2H3,(H,19,23)(H,20,24). The van der Waals surface area contributed by atoms with E-state index in [2.05, 4.69) is 10.6 Å². The molecule has 0 aromatic carbocycles. The Balaban J connectivity index is 1.83. The molecule has 0 saturated heterocycles. The second-order valence-electron chi connectivity index (χ2n) is 5.57. The van der Waals surface area contributed by atoms with Gasteiger partial charge in [0.15, 0.2) is 0 Å². The number of carbonyl (C=O) groups is 2. The molecule has 2 heterocycles. The number of aromatic nitrogens is 2. The van der Waals surface area contributed by atoms with Gasteiger partial charge in [0.05, 0.1) is 11.4 Å². The van der Waals surface area contributed by atoms with Crippen molar-refractivity contribution < 1.29 is 14.3 Å². The number of carbonyl (C=O) groups excluding carboxylic acids is 2. The Kier molecular flexibility index (Phi) is 6.78. The molecule has 2 aromatic heterocycles. The quantitative estimate of drug-likeness (QED) is 0.731. The summed E-state index contributed by atoms with van der Waals surface area (Å²) in [4.78, 5) is 46.6. The van der Waals surface area contributed by atoms with Gasteiger partial charge in [-0.3, -0.25) is 19.2 Å². The van der Waals surface area contributed by atoms with Gasteiger partial charge in [-0.1, -0.05) is 23.2 Å². The van der Waals surface area contributed by atoms with E-state index >= 15 is 0 Å². The SMILES string of the molecule is Cn1cc(NC(=O)COCC(=O)Nc2cc(Cl)c(=O)n(C)c2)cc(Cl)c1=O. The number of rotatable bonds is 6. The van der Waals surface area contributed by atoms with Gasteiger partial charge in [-0.15, -0.1) is 0 Å². The van der Waals surface area contributed by atoms with E-state index < -0.39 is 11.8 Å². The molecule has 0 bridgehead atoms. The molecular weight excluding hydrogens is 399 g/mol. The summed E-state index contributed by atoms with van der Waals surface area (Å²) >= 11 is 11.5. The number of pyridine rings is 2. The monoisotopic (exact) mass is 414 g/mol. The van der Waals surface area contributed by atoms with Crippen LogP contribution < -0.4 is 21.8 Å². The number of nitrogens with zero attached hydrogens (tertiary/aromatic N) is 2. The summed E-state index contributed by atoms with van der Waals surface area (Å²) in [6.45, 7) is -0.774. The van der Waals surface area contributed by atoms with Crippen molar-refractivity contribution in [3.05, 3.63) is 55.3 Å². The van der Waals surface area contributed by atoms with Crippen LogP contribution in [-0.4, -0.2) is 34.2 Å². The molecular formula is C16H16Cl2N4O5. The van der Waals surface area contributed by atoms with E-state index in [1.807, 2.05) is 0 Å². The average Bonchev–Trinajstić information content (AvgIpc) is 2.57. The summed E-state index contributed by atoms with van der Waals surface area (Å²) in [5.74, 6) is -1.05.